The molecule has 0 aliphatic carbocycles. The third-order valence-corrected chi connectivity index (χ3v) is 5.40. The molecule has 2 aromatic carbocycles. The van der Waals surface area contributed by atoms with Crippen LogP contribution in [0.3, 0.4) is 0 Å². The highest BCUT2D eigenvalue weighted by atomic mass is 16.7. The van der Waals surface area contributed by atoms with Crippen LogP contribution in [0.4, 0.5) is 11.4 Å². The van der Waals surface area contributed by atoms with Crippen LogP contribution >= 0.6 is 0 Å². The van der Waals surface area contributed by atoms with E-state index in [-0.39, 0.29) is 24.5 Å². The molecule has 0 spiro atoms. The Labute approximate surface area is 194 Å². The lowest BCUT2D eigenvalue weighted by Gasteiger charge is -2.10. The van der Waals surface area contributed by atoms with Gasteiger partial charge < -0.3 is 29.1 Å². The van der Waals surface area contributed by atoms with E-state index in [9.17, 15) is 9.90 Å². The summed E-state index contributed by atoms with van der Waals surface area (Å²) >= 11 is 0. The monoisotopic (exact) mass is 459 g/mol. The zero-order chi connectivity index (χ0) is 23.7. The number of carbonyl (C=O) groups excluding carboxylic acids is 1. The number of hydrogen-bond acceptors (Lipinski definition) is 8. The van der Waals surface area contributed by atoms with Crippen LogP contribution < -0.4 is 25.1 Å². The van der Waals surface area contributed by atoms with Crippen molar-refractivity contribution < 1.29 is 28.5 Å². The number of aryl methyl sites for hydroxylation is 1. The molecule has 0 atom stereocenters. The van der Waals surface area contributed by atoms with Crippen LogP contribution in [0.25, 0.3) is 11.0 Å². The molecule has 0 saturated carbocycles. The number of aliphatic hydroxyl groups excluding tert-OH is 1. The van der Waals surface area contributed by atoms with Crippen molar-refractivity contribution in [3.8, 4) is 17.2 Å². The molecule has 0 radical (unpaired) electrons. The number of fused-ring (bicyclic) bond motifs is 2. The van der Waals surface area contributed by atoms with Crippen molar-refractivity contribution in [3.05, 3.63) is 77.1 Å². The molecule has 5 rings (SSSR count). The van der Waals surface area contributed by atoms with Crippen LogP contribution in [0.2, 0.25) is 0 Å². The predicted molar refractivity (Wildman–Crippen MR) is 123 cm³/mol. The Morgan fingerprint density at radius 2 is 1.94 bits per heavy atom. The van der Waals surface area contributed by atoms with Gasteiger partial charge in [-0.15, -0.1) is 0 Å². The van der Waals surface area contributed by atoms with Crippen LogP contribution in [0.15, 0.2) is 64.1 Å². The molecule has 9 heteroatoms. The summed E-state index contributed by atoms with van der Waals surface area (Å²) in [6.07, 6.45) is 1.56. The Bertz CT molecular complexity index is 1460. The summed E-state index contributed by atoms with van der Waals surface area (Å²) in [5.41, 5.74) is 3.00. The lowest BCUT2D eigenvalue weighted by atomic mass is 10.1. The minimum Gasteiger partial charge on any atom is -0.497 e. The van der Waals surface area contributed by atoms with Gasteiger partial charge in [0.05, 0.1) is 25.1 Å². The molecule has 0 unspecified atom stereocenters. The standard InChI is InChI=1S/C25H21N3O6/c1-14-23-19(15(12-29)11-26-14)10-20(25(34-23)28-16-3-6-18(31-2)7-4-16)24(30)27-17-5-8-21-22(9-17)33-13-32-21/h3-11,29H,12-13H2,1-2H3,(H,27,30). The molecule has 1 aliphatic rings. The maximum absolute atomic E-state index is 13.4. The van der Waals surface area contributed by atoms with E-state index in [1.165, 1.54) is 0 Å². The van der Waals surface area contributed by atoms with E-state index in [4.69, 9.17) is 18.6 Å². The Balaban J connectivity index is 1.63. The molecule has 2 aromatic heterocycles. The van der Waals surface area contributed by atoms with Crippen LogP contribution in [0.1, 0.15) is 21.6 Å². The Hall–Kier alpha value is -4.37. The summed E-state index contributed by atoms with van der Waals surface area (Å²) in [6, 6.07) is 13.8. The first-order chi connectivity index (χ1) is 16.6. The topological polar surface area (TPSA) is 115 Å². The van der Waals surface area contributed by atoms with Gasteiger partial charge in [0, 0.05) is 28.9 Å². The number of rotatable bonds is 5. The van der Waals surface area contributed by atoms with Crippen molar-refractivity contribution in [2.45, 2.75) is 13.5 Å². The first kappa shape index (κ1) is 21.5. The summed E-state index contributed by atoms with van der Waals surface area (Å²) in [4.78, 5) is 22.2. The zero-order valence-electron chi connectivity index (χ0n) is 18.5. The molecule has 0 fully saturated rings. The van der Waals surface area contributed by atoms with Gasteiger partial charge in [0.1, 0.15) is 11.3 Å². The maximum atomic E-state index is 13.4. The van der Waals surface area contributed by atoms with Gasteiger partial charge in [0.25, 0.3) is 5.91 Å². The highest BCUT2D eigenvalue weighted by Gasteiger charge is 2.18. The number of aromatic nitrogens is 1. The average molecular weight is 459 g/mol. The Morgan fingerprint density at radius 1 is 1.15 bits per heavy atom. The predicted octanol–water partition coefficient (Wildman–Crippen LogP) is 3.85. The number of carbonyl (C=O) groups is 1. The largest absolute Gasteiger partial charge is 0.497 e. The third kappa shape index (κ3) is 4.04. The minimum absolute atomic E-state index is 0.107. The van der Waals surface area contributed by atoms with Gasteiger partial charge in [-0.1, -0.05) is 0 Å². The fourth-order valence-corrected chi connectivity index (χ4v) is 3.61. The summed E-state index contributed by atoms with van der Waals surface area (Å²) < 4.78 is 22.0. The molecule has 1 amide bonds. The first-order valence-corrected chi connectivity index (χ1v) is 10.5. The lowest BCUT2D eigenvalue weighted by Crippen LogP contribution is -2.22. The number of ether oxygens (including phenoxy) is 3. The van der Waals surface area contributed by atoms with Crippen molar-refractivity contribution >= 4 is 28.3 Å². The molecular formula is C25H21N3O6. The van der Waals surface area contributed by atoms with Gasteiger partial charge in [0.15, 0.2) is 17.1 Å². The van der Waals surface area contributed by atoms with Crippen molar-refractivity contribution in [1.82, 2.24) is 4.98 Å². The normalized spacial score (nSPS) is 12.7. The molecule has 0 bridgehead atoms. The van der Waals surface area contributed by atoms with Gasteiger partial charge in [0.2, 0.25) is 12.3 Å². The van der Waals surface area contributed by atoms with E-state index in [0.717, 1.165) is 0 Å². The second-order valence-corrected chi connectivity index (χ2v) is 7.57. The Kier molecular flexibility index (Phi) is 5.60. The Morgan fingerprint density at radius 3 is 2.71 bits per heavy atom. The number of methoxy groups -OCH3 is 1. The van der Waals surface area contributed by atoms with Crippen molar-refractivity contribution in [2.24, 2.45) is 4.99 Å². The zero-order valence-corrected chi connectivity index (χ0v) is 18.5. The number of anilines is 1. The van der Waals surface area contributed by atoms with E-state index < -0.39 is 5.91 Å². The summed E-state index contributed by atoms with van der Waals surface area (Å²) in [6.45, 7) is 1.67. The fourth-order valence-electron chi connectivity index (χ4n) is 3.61. The molecule has 2 N–H and O–H groups in total. The van der Waals surface area contributed by atoms with Gasteiger partial charge in [-0.2, -0.15) is 0 Å². The van der Waals surface area contributed by atoms with E-state index in [1.54, 1.807) is 68.8 Å². The third-order valence-electron chi connectivity index (χ3n) is 5.40. The lowest BCUT2D eigenvalue weighted by molar-refractivity contribution is 0.102. The van der Waals surface area contributed by atoms with E-state index in [2.05, 4.69) is 15.3 Å². The van der Waals surface area contributed by atoms with Crippen LogP contribution in [0.5, 0.6) is 17.2 Å². The molecule has 9 nitrogen and oxygen atoms in total. The van der Waals surface area contributed by atoms with E-state index in [1.807, 2.05) is 0 Å². The molecular weight excluding hydrogens is 438 g/mol. The van der Waals surface area contributed by atoms with Gasteiger partial charge in [-0.3, -0.25) is 9.78 Å². The van der Waals surface area contributed by atoms with Gasteiger partial charge >= 0.3 is 0 Å². The van der Waals surface area contributed by atoms with E-state index >= 15 is 0 Å². The van der Waals surface area contributed by atoms with Gasteiger partial charge in [-0.05, 0) is 49.4 Å². The van der Waals surface area contributed by atoms with E-state index in [0.29, 0.717) is 50.8 Å². The van der Waals surface area contributed by atoms with Crippen molar-refractivity contribution in [1.29, 1.82) is 0 Å². The molecule has 3 heterocycles. The number of amides is 1. The summed E-state index contributed by atoms with van der Waals surface area (Å²) in [5.74, 6) is 1.41. The molecule has 1 aliphatic heterocycles. The number of hydrogen-bond donors (Lipinski definition) is 2. The van der Waals surface area contributed by atoms with Crippen molar-refractivity contribution in [3.63, 3.8) is 0 Å². The minimum atomic E-state index is -0.435. The highest BCUT2D eigenvalue weighted by molar-refractivity contribution is 6.05. The van der Waals surface area contributed by atoms with Crippen LogP contribution in [-0.4, -0.2) is 29.9 Å². The summed E-state index contributed by atoms with van der Waals surface area (Å²) in [7, 11) is 1.58. The van der Waals surface area contributed by atoms with Crippen molar-refractivity contribution in [2.75, 3.05) is 19.2 Å². The molecule has 34 heavy (non-hydrogen) atoms. The van der Waals surface area contributed by atoms with Gasteiger partial charge in [-0.25, -0.2) is 4.99 Å². The SMILES string of the molecule is COc1ccc(N=c2oc3c(C)ncc(CO)c3cc2C(=O)Nc2ccc3c(c2)OCO3)cc1. The number of nitrogens with zero attached hydrogens (tertiary/aromatic N) is 2. The number of pyridine rings is 1. The van der Waals surface area contributed by atoms with Crippen LogP contribution in [0, 0.1) is 6.92 Å². The number of aliphatic hydroxyl groups is 1. The molecule has 172 valence electrons. The maximum Gasteiger partial charge on any atom is 0.261 e. The highest BCUT2D eigenvalue weighted by Crippen LogP contribution is 2.34. The molecule has 0 saturated heterocycles. The number of nitrogens with one attached hydrogen (secondary N) is 1. The average Bonchev–Trinajstić information content (AvgIpc) is 3.32. The summed E-state index contributed by atoms with van der Waals surface area (Å²) in [5, 5.41) is 13.2. The quantitative estimate of drug-likeness (QED) is 0.466. The van der Waals surface area contributed by atoms with Crippen LogP contribution in [-0.2, 0) is 6.61 Å². The number of benzene rings is 2. The smallest absolute Gasteiger partial charge is 0.261 e. The molecule has 4 aromatic rings. The second kappa shape index (κ2) is 8.87. The first-order valence-electron chi connectivity index (χ1n) is 10.5. The fraction of sp³-hybridized carbons (Fsp3) is 0.160. The second-order valence-electron chi connectivity index (χ2n) is 7.57.